The molecule has 0 aliphatic carbocycles. The maximum absolute atomic E-state index is 13.0. The van der Waals surface area contributed by atoms with Crippen molar-refractivity contribution in [1.29, 1.82) is 0 Å². The molecule has 1 aromatic rings. The lowest BCUT2D eigenvalue weighted by molar-refractivity contribution is -0.387. The van der Waals surface area contributed by atoms with Crippen molar-refractivity contribution in [1.82, 2.24) is 0 Å². The van der Waals surface area contributed by atoms with E-state index in [-0.39, 0.29) is 0 Å². The van der Waals surface area contributed by atoms with Crippen molar-refractivity contribution in [2.45, 2.75) is 6.42 Å². The average Bonchev–Trinajstić information content (AvgIpc) is 2.48. The van der Waals surface area contributed by atoms with Gasteiger partial charge in [-0.3, -0.25) is 10.1 Å². The lowest BCUT2D eigenvalue weighted by Crippen LogP contribution is -1.94. The van der Waals surface area contributed by atoms with Gasteiger partial charge in [-0.05, 0) is 12.0 Å². The molecule has 0 saturated carbocycles. The average molecular weight is 182 g/mol. The van der Waals surface area contributed by atoms with Crippen molar-refractivity contribution in [3.05, 3.63) is 33.6 Å². The van der Waals surface area contributed by atoms with Crippen LogP contribution in [0.5, 0.6) is 0 Å². The smallest absolute Gasteiger partial charge is 0.305 e. The Kier molecular flexibility index (Phi) is 1.65. The Morgan fingerprint density at radius 1 is 1.54 bits per heavy atom. The first kappa shape index (κ1) is 7.97. The first-order valence-corrected chi connectivity index (χ1v) is 3.89. The van der Waals surface area contributed by atoms with Crippen LogP contribution in [0.1, 0.15) is 5.56 Å². The Hall–Kier alpha value is -1.65. The van der Waals surface area contributed by atoms with Crippen LogP contribution in [0.15, 0.2) is 12.1 Å². The summed E-state index contributed by atoms with van der Waals surface area (Å²) < 4.78 is 13.0. The topological polar surface area (TPSA) is 55.2 Å². The summed E-state index contributed by atoms with van der Waals surface area (Å²) >= 11 is 0. The van der Waals surface area contributed by atoms with Crippen molar-refractivity contribution in [3.8, 4) is 0 Å². The molecule has 4 nitrogen and oxygen atoms in total. The second-order valence-corrected chi connectivity index (χ2v) is 2.89. The Morgan fingerprint density at radius 2 is 2.31 bits per heavy atom. The van der Waals surface area contributed by atoms with Gasteiger partial charge in [0.15, 0.2) is 0 Å². The zero-order valence-electron chi connectivity index (χ0n) is 6.71. The molecular formula is C8H7FN2O2. The second-order valence-electron chi connectivity index (χ2n) is 2.89. The number of rotatable bonds is 1. The molecular weight excluding hydrogens is 175 g/mol. The van der Waals surface area contributed by atoms with E-state index in [1.165, 1.54) is 12.1 Å². The van der Waals surface area contributed by atoms with Crippen LogP contribution in [0.25, 0.3) is 0 Å². The molecule has 0 spiro atoms. The second kappa shape index (κ2) is 2.69. The molecule has 0 radical (unpaired) electrons. The monoisotopic (exact) mass is 182 g/mol. The zero-order chi connectivity index (χ0) is 9.42. The first-order chi connectivity index (χ1) is 6.18. The summed E-state index contributed by atoms with van der Waals surface area (Å²) in [6.45, 7) is 0.718. The number of nitrogens with one attached hydrogen (secondary N) is 1. The zero-order valence-corrected chi connectivity index (χ0v) is 6.71. The van der Waals surface area contributed by atoms with Gasteiger partial charge in [-0.25, -0.2) is 0 Å². The number of hydrogen-bond donors (Lipinski definition) is 1. The third-order valence-electron chi connectivity index (χ3n) is 2.08. The van der Waals surface area contributed by atoms with E-state index in [1.807, 2.05) is 0 Å². The van der Waals surface area contributed by atoms with Gasteiger partial charge in [-0.15, -0.1) is 0 Å². The summed E-state index contributed by atoms with van der Waals surface area (Å²) in [6, 6.07) is 2.48. The number of nitrogens with zero attached hydrogens (tertiary/aromatic N) is 1. The highest BCUT2D eigenvalue weighted by Crippen LogP contribution is 2.29. The normalized spacial score (nSPS) is 13.6. The SMILES string of the molecule is O=[N+]([O-])c1cc2c(cc1F)NCC2. The van der Waals surface area contributed by atoms with Crippen LogP contribution in [-0.4, -0.2) is 11.5 Å². The molecule has 68 valence electrons. The highest BCUT2D eigenvalue weighted by Gasteiger charge is 2.20. The largest absolute Gasteiger partial charge is 0.384 e. The summed E-state index contributed by atoms with van der Waals surface area (Å²) in [6.07, 6.45) is 0.719. The molecule has 5 heteroatoms. The molecule has 0 bridgehead atoms. The summed E-state index contributed by atoms with van der Waals surface area (Å²) in [7, 11) is 0. The van der Waals surface area contributed by atoms with Crippen molar-refractivity contribution in [2.24, 2.45) is 0 Å². The van der Waals surface area contributed by atoms with E-state index in [0.29, 0.717) is 5.69 Å². The summed E-state index contributed by atoms with van der Waals surface area (Å²) in [4.78, 5) is 9.67. The van der Waals surface area contributed by atoms with Gasteiger partial charge in [0, 0.05) is 24.4 Å². The minimum Gasteiger partial charge on any atom is -0.384 e. The molecule has 1 aliphatic heterocycles. The molecule has 0 amide bonds. The molecule has 1 heterocycles. The number of hydrogen-bond acceptors (Lipinski definition) is 3. The molecule has 0 aromatic heterocycles. The van der Waals surface area contributed by atoms with E-state index in [9.17, 15) is 14.5 Å². The van der Waals surface area contributed by atoms with E-state index in [4.69, 9.17) is 0 Å². The Balaban J connectivity index is 2.55. The number of benzene rings is 1. The fourth-order valence-corrected chi connectivity index (χ4v) is 1.45. The number of anilines is 1. The maximum atomic E-state index is 13.0. The minimum absolute atomic E-state index is 0.442. The summed E-state index contributed by atoms with van der Waals surface area (Å²) in [5, 5.41) is 13.3. The Bertz CT molecular complexity index is 379. The fraction of sp³-hybridized carbons (Fsp3) is 0.250. The van der Waals surface area contributed by atoms with Crippen molar-refractivity contribution in [3.63, 3.8) is 0 Å². The Morgan fingerprint density at radius 3 is 3.00 bits per heavy atom. The Labute approximate surface area is 73.5 Å². The van der Waals surface area contributed by atoms with Gasteiger partial charge in [0.1, 0.15) is 0 Å². The van der Waals surface area contributed by atoms with Crippen LogP contribution in [0, 0.1) is 15.9 Å². The third kappa shape index (κ3) is 1.22. The van der Waals surface area contributed by atoms with E-state index in [1.54, 1.807) is 0 Å². The quantitative estimate of drug-likeness (QED) is 0.531. The van der Waals surface area contributed by atoms with E-state index < -0.39 is 16.4 Å². The molecule has 2 rings (SSSR count). The van der Waals surface area contributed by atoms with Crippen LogP contribution in [-0.2, 0) is 6.42 Å². The lowest BCUT2D eigenvalue weighted by Gasteiger charge is -1.99. The molecule has 1 aliphatic rings. The van der Waals surface area contributed by atoms with E-state index in [2.05, 4.69) is 5.32 Å². The molecule has 0 atom stereocenters. The first-order valence-electron chi connectivity index (χ1n) is 3.89. The van der Waals surface area contributed by atoms with Crippen molar-refractivity contribution >= 4 is 11.4 Å². The number of fused-ring (bicyclic) bond motifs is 1. The van der Waals surface area contributed by atoms with Crippen LogP contribution >= 0.6 is 0 Å². The highest BCUT2D eigenvalue weighted by atomic mass is 19.1. The molecule has 1 N–H and O–H groups in total. The third-order valence-corrected chi connectivity index (χ3v) is 2.08. The number of nitro groups is 1. The van der Waals surface area contributed by atoms with Crippen LogP contribution in [0.4, 0.5) is 15.8 Å². The van der Waals surface area contributed by atoms with Gasteiger partial charge in [-0.2, -0.15) is 4.39 Å². The van der Waals surface area contributed by atoms with Gasteiger partial charge < -0.3 is 5.32 Å². The van der Waals surface area contributed by atoms with Gasteiger partial charge in [0.05, 0.1) is 4.92 Å². The van der Waals surface area contributed by atoms with Crippen LogP contribution < -0.4 is 5.32 Å². The highest BCUT2D eigenvalue weighted by molar-refractivity contribution is 5.59. The van der Waals surface area contributed by atoms with Crippen molar-refractivity contribution in [2.75, 3.05) is 11.9 Å². The number of halogens is 1. The molecule has 13 heavy (non-hydrogen) atoms. The minimum atomic E-state index is -0.779. The lowest BCUT2D eigenvalue weighted by atomic mass is 10.1. The van der Waals surface area contributed by atoms with Crippen LogP contribution in [0.2, 0.25) is 0 Å². The number of nitro benzene ring substituents is 1. The van der Waals surface area contributed by atoms with Gasteiger partial charge in [-0.1, -0.05) is 0 Å². The summed E-state index contributed by atoms with van der Waals surface area (Å²) in [5.74, 6) is -0.779. The molecule has 1 aromatic carbocycles. The predicted octanol–water partition coefficient (Wildman–Crippen LogP) is 1.70. The van der Waals surface area contributed by atoms with Crippen LogP contribution in [0.3, 0.4) is 0 Å². The fourth-order valence-electron chi connectivity index (χ4n) is 1.45. The van der Waals surface area contributed by atoms with Crippen molar-refractivity contribution < 1.29 is 9.31 Å². The van der Waals surface area contributed by atoms with E-state index in [0.717, 1.165) is 18.5 Å². The van der Waals surface area contributed by atoms with E-state index >= 15 is 0 Å². The standard InChI is InChI=1S/C8H7FN2O2/c9-6-4-7-5(1-2-10-7)3-8(6)11(12)13/h3-4,10H,1-2H2. The maximum Gasteiger partial charge on any atom is 0.305 e. The molecule has 0 saturated heterocycles. The van der Waals surface area contributed by atoms with Gasteiger partial charge in [0.2, 0.25) is 5.82 Å². The molecule has 0 fully saturated rings. The molecule has 0 unspecified atom stereocenters. The summed E-state index contributed by atoms with van der Waals surface area (Å²) in [5.41, 5.74) is 1.04. The predicted molar refractivity (Wildman–Crippen MR) is 45.2 cm³/mol. The van der Waals surface area contributed by atoms with Gasteiger partial charge >= 0.3 is 5.69 Å². The van der Waals surface area contributed by atoms with Gasteiger partial charge in [0.25, 0.3) is 0 Å².